The molecule has 2 N–H and O–H groups in total. The molecule has 214 valence electrons. The number of imidazole rings is 1. The van der Waals surface area contributed by atoms with Crippen LogP contribution in [0, 0.1) is 32.4 Å². The average Bonchev–Trinajstić information content (AvgIpc) is 3.47. The molecule has 0 fully saturated rings. The number of aliphatic hydroxyl groups is 1. The Hall–Kier alpha value is -4.24. The molecule has 0 bridgehead atoms. The SMILES string of the molecule is Cc1nc(-c2cc3c(=O)n(C)cc(-c4cc(C(C)(C)O)c(F)cc4Oc4c(C)cc(F)cc4C)c3o2)c(C(C)C)[nH]1. The van der Waals surface area contributed by atoms with E-state index < -0.39 is 17.2 Å². The van der Waals surface area contributed by atoms with Gasteiger partial charge in [-0.25, -0.2) is 13.8 Å². The second kappa shape index (κ2) is 9.99. The van der Waals surface area contributed by atoms with Crippen LogP contribution in [0.25, 0.3) is 33.6 Å². The molecule has 0 aliphatic carbocycles. The van der Waals surface area contributed by atoms with Crippen LogP contribution in [0.2, 0.25) is 0 Å². The van der Waals surface area contributed by atoms with Crippen LogP contribution in [-0.4, -0.2) is 19.6 Å². The van der Waals surface area contributed by atoms with Crippen LogP contribution in [0.5, 0.6) is 11.5 Å². The molecule has 7 nitrogen and oxygen atoms in total. The molecule has 0 saturated heterocycles. The van der Waals surface area contributed by atoms with Crippen LogP contribution in [-0.2, 0) is 12.6 Å². The van der Waals surface area contributed by atoms with Gasteiger partial charge in [0.25, 0.3) is 5.56 Å². The molecule has 0 radical (unpaired) electrons. The van der Waals surface area contributed by atoms with Crippen molar-refractivity contribution in [2.75, 3.05) is 0 Å². The summed E-state index contributed by atoms with van der Waals surface area (Å²) in [4.78, 5) is 21.1. The average molecular weight is 562 g/mol. The predicted molar refractivity (Wildman–Crippen MR) is 154 cm³/mol. The number of H-pyrrole nitrogens is 1. The van der Waals surface area contributed by atoms with E-state index in [0.29, 0.717) is 50.7 Å². The third kappa shape index (κ3) is 5.06. The zero-order valence-electron chi connectivity index (χ0n) is 24.4. The Morgan fingerprint density at radius 3 is 2.32 bits per heavy atom. The third-order valence-electron chi connectivity index (χ3n) is 7.17. The predicted octanol–water partition coefficient (Wildman–Crippen LogP) is 7.54. The fourth-order valence-corrected chi connectivity index (χ4v) is 5.16. The van der Waals surface area contributed by atoms with Crippen molar-refractivity contribution < 1.29 is 23.0 Å². The van der Waals surface area contributed by atoms with Gasteiger partial charge in [-0.1, -0.05) is 13.8 Å². The van der Waals surface area contributed by atoms with Crippen LogP contribution in [0.15, 0.2) is 45.7 Å². The first-order chi connectivity index (χ1) is 19.1. The van der Waals surface area contributed by atoms with Gasteiger partial charge in [-0.05, 0) is 75.9 Å². The van der Waals surface area contributed by atoms with Gasteiger partial charge in [-0.3, -0.25) is 4.79 Å². The maximum absolute atomic E-state index is 15.4. The molecule has 0 aliphatic heterocycles. The summed E-state index contributed by atoms with van der Waals surface area (Å²) >= 11 is 0. The van der Waals surface area contributed by atoms with E-state index in [0.717, 1.165) is 5.69 Å². The number of furan rings is 1. The number of aryl methyl sites for hydroxylation is 4. The second-order valence-corrected chi connectivity index (χ2v) is 11.4. The lowest BCUT2D eigenvalue weighted by Crippen LogP contribution is -2.18. The van der Waals surface area contributed by atoms with Gasteiger partial charge in [0.2, 0.25) is 0 Å². The molecule has 0 atom stereocenters. The van der Waals surface area contributed by atoms with Crippen molar-refractivity contribution in [2.45, 2.75) is 60.0 Å². The molecule has 5 aromatic rings. The highest BCUT2D eigenvalue weighted by molar-refractivity contribution is 5.95. The van der Waals surface area contributed by atoms with Crippen molar-refractivity contribution in [3.05, 3.63) is 86.7 Å². The number of pyridine rings is 1. The Balaban J connectivity index is 1.82. The standard InChI is InChI=1S/C32H33F2N3O4/c1-15(2)27-28(36-18(5)35-27)26-12-21-30(41-26)22(14-37(8)31(21)38)20-11-23(32(6,7)39)24(34)13-25(20)40-29-16(3)9-19(33)10-17(29)4/h9-15,39H,1-8H3,(H,35,36). The van der Waals surface area contributed by atoms with E-state index in [1.165, 1.54) is 42.7 Å². The summed E-state index contributed by atoms with van der Waals surface area (Å²) in [6.07, 6.45) is 1.59. The maximum Gasteiger partial charge on any atom is 0.261 e. The van der Waals surface area contributed by atoms with Crippen molar-refractivity contribution in [2.24, 2.45) is 7.05 Å². The van der Waals surface area contributed by atoms with Crippen LogP contribution < -0.4 is 10.3 Å². The fourth-order valence-electron chi connectivity index (χ4n) is 5.16. The molecule has 9 heteroatoms. The van der Waals surface area contributed by atoms with Gasteiger partial charge in [0.1, 0.15) is 40.2 Å². The normalized spacial score (nSPS) is 12.1. The van der Waals surface area contributed by atoms with E-state index in [1.807, 2.05) is 20.8 Å². The first kappa shape index (κ1) is 28.3. The van der Waals surface area contributed by atoms with Gasteiger partial charge in [0.05, 0.1) is 11.0 Å². The molecular formula is C32H33F2N3O4. The number of benzene rings is 2. The zero-order chi connectivity index (χ0) is 30.0. The number of hydrogen-bond acceptors (Lipinski definition) is 5. The van der Waals surface area contributed by atoms with Gasteiger partial charge in [0.15, 0.2) is 5.76 Å². The number of aromatic amines is 1. The summed E-state index contributed by atoms with van der Waals surface area (Å²) in [5.41, 5.74) is 1.86. The highest BCUT2D eigenvalue weighted by Crippen LogP contribution is 2.43. The molecule has 0 amide bonds. The molecule has 0 spiro atoms. The minimum absolute atomic E-state index is 0.0335. The molecule has 3 heterocycles. The number of nitrogens with one attached hydrogen (secondary N) is 1. The first-order valence-corrected chi connectivity index (χ1v) is 13.4. The fraction of sp³-hybridized carbons (Fsp3) is 0.312. The Morgan fingerprint density at radius 1 is 1.05 bits per heavy atom. The number of aromatic nitrogens is 3. The summed E-state index contributed by atoms with van der Waals surface area (Å²) in [5.74, 6) is 0.649. The van der Waals surface area contributed by atoms with Gasteiger partial charge >= 0.3 is 0 Å². The van der Waals surface area contributed by atoms with Gasteiger partial charge in [-0.15, -0.1) is 0 Å². The molecule has 0 aliphatic rings. The highest BCUT2D eigenvalue weighted by Gasteiger charge is 2.27. The highest BCUT2D eigenvalue weighted by atomic mass is 19.1. The number of ether oxygens (including phenoxy) is 1. The van der Waals surface area contributed by atoms with Crippen LogP contribution in [0.3, 0.4) is 0 Å². The quantitative estimate of drug-likeness (QED) is 0.223. The smallest absolute Gasteiger partial charge is 0.261 e. The molecule has 0 unspecified atom stereocenters. The Morgan fingerprint density at radius 2 is 1.71 bits per heavy atom. The number of rotatable bonds is 6. The van der Waals surface area contributed by atoms with E-state index in [9.17, 15) is 14.3 Å². The monoisotopic (exact) mass is 561 g/mol. The van der Waals surface area contributed by atoms with Crippen molar-refractivity contribution >= 4 is 11.0 Å². The van der Waals surface area contributed by atoms with Crippen LogP contribution in [0.4, 0.5) is 8.78 Å². The minimum atomic E-state index is -1.52. The van der Waals surface area contributed by atoms with E-state index in [1.54, 1.807) is 33.2 Å². The Labute approximate surface area is 236 Å². The lowest BCUT2D eigenvalue weighted by atomic mass is 9.93. The number of fused-ring (bicyclic) bond motifs is 1. The number of nitrogens with zero attached hydrogens (tertiary/aromatic N) is 2. The summed E-state index contributed by atoms with van der Waals surface area (Å²) in [6.45, 7) is 12.3. The van der Waals surface area contributed by atoms with E-state index in [4.69, 9.17) is 9.15 Å². The van der Waals surface area contributed by atoms with E-state index in [-0.39, 0.29) is 28.4 Å². The van der Waals surface area contributed by atoms with Gasteiger partial charge in [-0.2, -0.15) is 0 Å². The lowest BCUT2D eigenvalue weighted by Gasteiger charge is -2.22. The largest absolute Gasteiger partial charge is 0.456 e. The Bertz CT molecular complexity index is 1850. The number of halogens is 2. The second-order valence-electron chi connectivity index (χ2n) is 11.4. The molecular weight excluding hydrogens is 528 g/mol. The molecule has 5 rings (SSSR count). The maximum atomic E-state index is 15.4. The van der Waals surface area contributed by atoms with Crippen LogP contribution >= 0.6 is 0 Å². The third-order valence-corrected chi connectivity index (χ3v) is 7.17. The van der Waals surface area contributed by atoms with Crippen molar-refractivity contribution in [3.63, 3.8) is 0 Å². The summed E-state index contributed by atoms with van der Waals surface area (Å²) in [6, 6.07) is 7.03. The first-order valence-electron chi connectivity index (χ1n) is 13.4. The molecule has 2 aromatic carbocycles. The van der Waals surface area contributed by atoms with E-state index >= 15 is 4.39 Å². The van der Waals surface area contributed by atoms with Crippen molar-refractivity contribution in [1.29, 1.82) is 0 Å². The molecule has 41 heavy (non-hydrogen) atoms. The summed E-state index contributed by atoms with van der Waals surface area (Å²) in [5, 5.41) is 11.1. The molecule has 3 aromatic heterocycles. The number of hydrogen-bond donors (Lipinski definition) is 2. The summed E-state index contributed by atoms with van der Waals surface area (Å²) in [7, 11) is 1.62. The minimum Gasteiger partial charge on any atom is -0.456 e. The van der Waals surface area contributed by atoms with Crippen molar-refractivity contribution in [3.8, 4) is 34.1 Å². The Kier molecular flexibility index (Phi) is 6.90. The van der Waals surface area contributed by atoms with Crippen molar-refractivity contribution in [1.82, 2.24) is 14.5 Å². The summed E-state index contributed by atoms with van der Waals surface area (Å²) < 4.78 is 43.5. The molecule has 0 saturated carbocycles. The van der Waals surface area contributed by atoms with E-state index in [2.05, 4.69) is 9.97 Å². The topological polar surface area (TPSA) is 93.3 Å². The lowest BCUT2D eigenvalue weighted by molar-refractivity contribution is 0.0745. The van der Waals surface area contributed by atoms with Gasteiger partial charge < -0.3 is 23.8 Å². The van der Waals surface area contributed by atoms with Crippen LogP contribution in [0.1, 0.15) is 61.8 Å². The zero-order valence-corrected chi connectivity index (χ0v) is 24.4. The van der Waals surface area contributed by atoms with Gasteiger partial charge in [0, 0.05) is 41.7 Å².